The van der Waals surface area contributed by atoms with Crippen LogP contribution in [0.3, 0.4) is 0 Å². The SMILES string of the molecule is O=P(O)(O)O[C@@H]1CO[C@](CO)(n2cnc3c(NO)ncnc32)[C@H]1O. The molecule has 0 saturated carbocycles. The highest BCUT2D eigenvalue weighted by Crippen LogP contribution is 2.44. The minimum Gasteiger partial charge on any atom is -0.391 e. The predicted molar refractivity (Wildman–Crippen MR) is 74.7 cm³/mol. The van der Waals surface area contributed by atoms with E-state index >= 15 is 0 Å². The molecule has 0 aliphatic carbocycles. The van der Waals surface area contributed by atoms with Gasteiger partial charge in [-0.05, 0) is 0 Å². The lowest BCUT2D eigenvalue weighted by Gasteiger charge is -2.31. The van der Waals surface area contributed by atoms with Crippen molar-refractivity contribution >= 4 is 24.8 Å². The summed E-state index contributed by atoms with van der Waals surface area (Å²) >= 11 is 0. The molecule has 2 aromatic heterocycles. The Hall–Kier alpha value is -1.70. The lowest BCUT2D eigenvalue weighted by molar-refractivity contribution is -0.149. The first-order chi connectivity index (χ1) is 11.3. The van der Waals surface area contributed by atoms with E-state index in [2.05, 4.69) is 19.5 Å². The molecule has 1 aliphatic heterocycles. The van der Waals surface area contributed by atoms with E-state index in [1.165, 1.54) is 10.9 Å². The highest BCUT2D eigenvalue weighted by molar-refractivity contribution is 7.46. The van der Waals surface area contributed by atoms with Gasteiger partial charge in [-0.15, -0.1) is 0 Å². The molecule has 0 unspecified atom stereocenters. The Kier molecular flexibility index (Phi) is 4.27. The largest absolute Gasteiger partial charge is 0.470 e. The van der Waals surface area contributed by atoms with E-state index in [0.717, 1.165) is 6.33 Å². The van der Waals surface area contributed by atoms with Gasteiger partial charge in [-0.25, -0.2) is 19.5 Å². The van der Waals surface area contributed by atoms with Crippen LogP contribution in [0.1, 0.15) is 0 Å². The standard InChI is InChI=1S/C10H14N5O8P/c16-2-10(7(17)5(1-22-10)23-24(19,20)21)15-4-13-6-8(14-18)11-3-12-9(6)15/h3-5,7,16-18H,1-2H2,(H,11,12,14)(H2,19,20,21)/t5-,7+,10+/m1/s1. The van der Waals surface area contributed by atoms with E-state index in [1.54, 1.807) is 0 Å². The van der Waals surface area contributed by atoms with Gasteiger partial charge in [0.25, 0.3) is 0 Å². The van der Waals surface area contributed by atoms with Gasteiger partial charge in [0.1, 0.15) is 18.5 Å². The minimum atomic E-state index is -4.87. The summed E-state index contributed by atoms with van der Waals surface area (Å²) in [6.45, 7) is -1.14. The summed E-state index contributed by atoms with van der Waals surface area (Å²) in [6, 6.07) is 0. The first kappa shape index (κ1) is 17.1. The van der Waals surface area contributed by atoms with Gasteiger partial charge in [0.05, 0.1) is 19.5 Å². The molecule has 0 aromatic carbocycles. The topological polar surface area (TPSA) is 192 Å². The maximum atomic E-state index is 11.0. The Labute approximate surface area is 133 Å². The van der Waals surface area contributed by atoms with Crippen LogP contribution < -0.4 is 5.48 Å². The molecule has 1 saturated heterocycles. The molecule has 3 rings (SSSR count). The van der Waals surface area contributed by atoms with Crippen molar-refractivity contribution in [1.29, 1.82) is 0 Å². The van der Waals surface area contributed by atoms with Crippen LogP contribution in [0, 0.1) is 0 Å². The zero-order valence-electron chi connectivity index (χ0n) is 11.9. The van der Waals surface area contributed by atoms with E-state index in [4.69, 9.17) is 19.7 Å². The van der Waals surface area contributed by atoms with Crippen molar-refractivity contribution in [3.05, 3.63) is 12.7 Å². The molecule has 14 heteroatoms. The fourth-order valence-corrected chi connectivity index (χ4v) is 3.11. The zero-order valence-corrected chi connectivity index (χ0v) is 12.8. The maximum Gasteiger partial charge on any atom is 0.470 e. The van der Waals surface area contributed by atoms with E-state index in [0.29, 0.717) is 0 Å². The Balaban J connectivity index is 2.05. The van der Waals surface area contributed by atoms with E-state index < -0.39 is 32.4 Å². The second kappa shape index (κ2) is 5.98. The van der Waals surface area contributed by atoms with Gasteiger partial charge >= 0.3 is 7.82 Å². The number of nitrogens with zero attached hydrogens (tertiary/aromatic N) is 4. The fraction of sp³-hybridized carbons (Fsp3) is 0.500. The molecule has 3 heterocycles. The van der Waals surface area contributed by atoms with Crippen LogP contribution in [0.15, 0.2) is 12.7 Å². The van der Waals surface area contributed by atoms with Crippen LogP contribution in [0.5, 0.6) is 0 Å². The van der Waals surface area contributed by atoms with E-state index in [-0.39, 0.29) is 23.6 Å². The molecule has 13 nitrogen and oxygen atoms in total. The van der Waals surface area contributed by atoms with Crippen molar-refractivity contribution in [2.75, 3.05) is 18.7 Å². The van der Waals surface area contributed by atoms with Crippen molar-refractivity contribution in [3.63, 3.8) is 0 Å². The van der Waals surface area contributed by atoms with Crippen molar-refractivity contribution in [3.8, 4) is 0 Å². The number of anilines is 1. The summed E-state index contributed by atoms with van der Waals surface area (Å²) in [5.74, 6) is -0.0117. The predicted octanol–water partition coefficient (Wildman–Crippen LogP) is -1.86. The summed E-state index contributed by atoms with van der Waals surface area (Å²) in [5, 5.41) is 29.2. The van der Waals surface area contributed by atoms with Gasteiger partial charge in [-0.1, -0.05) is 0 Å². The number of phosphoric ester groups is 1. The third kappa shape index (κ3) is 2.66. The van der Waals surface area contributed by atoms with Crippen molar-refractivity contribution < 1.29 is 39.0 Å². The summed E-state index contributed by atoms with van der Waals surface area (Å²) in [4.78, 5) is 29.5. The molecule has 0 bridgehead atoms. The lowest BCUT2D eigenvalue weighted by Crippen LogP contribution is -2.48. The van der Waals surface area contributed by atoms with Crippen LogP contribution in [-0.2, 0) is 19.6 Å². The third-order valence-corrected chi connectivity index (χ3v) is 4.20. The second-order valence-corrected chi connectivity index (χ2v) is 6.21. The van der Waals surface area contributed by atoms with Gasteiger partial charge in [0.2, 0.25) is 0 Å². The first-order valence-electron chi connectivity index (χ1n) is 6.58. The Morgan fingerprint density at radius 1 is 1.46 bits per heavy atom. The van der Waals surface area contributed by atoms with E-state index in [1.807, 2.05) is 5.48 Å². The van der Waals surface area contributed by atoms with Crippen molar-refractivity contribution in [2.24, 2.45) is 0 Å². The molecule has 0 radical (unpaired) electrons. The fourth-order valence-electron chi connectivity index (χ4n) is 2.58. The summed E-state index contributed by atoms with van der Waals surface area (Å²) in [5.41, 5.74) is 0.242. The van der Waals surface area contributed by atoms with Gasteiger partial charge < -0.3 is 24.7 Å². The molecule has 1 aliphatic rings. The molecular weight excluding hydrogens is 349 g/mol. The number of hydrogen-bond acceptors (Lipinski definition) is 10. The normalized spacial score (nSPS) is 27.7. The number of imidazole rings is 1. The summed E-state index contributed by atoms with van der Waals surface area (Å²) in [7, 11) is -4.87. The van der Waals surface area contributed by atoms with Gasteiger partial charge in [0.15, 0.2) is 22.7 Å². The average molecular weight is 363 g/mol. The summed E-state index contributed by atoms with van der Waals surface area (Å²) in [6.07, 6.45) is -0.727. The molecule has 6 N–H and O–H groups in total. The van der Waals surface area contributed by atoms with Crippen molar-refractivity contribution in [1.82, 2.24) is 19.5 Å². The molecule has 132 valence electrons. The number of fused-ring (bicyclic) bond motifs is 1. The van der Waals surface area contributed by atoms with Crippen LogP contribution in [-0.4, -0.2) is 70.1 Å². The molecule has 2 aromatic rings. The van der Waals surface area contributed by atoms with E-state index in [9.17, 15) is 14.8 Å². The number of aliphatic hydroxyl groups is 2. The van der Waals surface area contributed by atoms with Crippen LogP contribution in [0.25, 0.3) is 11.2 Å². The highest BCUT2D eigenvalue weighted by atomic mass is 31.2. The number of phosphoric acid groups is 1. The molecule has 3 atom stereocenters. The number of nitrogens with one attached hydrogen (secondary N) is 1. The molecule has 0 amide bonds. The van der Waals surface area contributed by atoms with Crippen LogP contribution in [0.2, 0.25) is 0 Å². The molecule has 0 spiro atoms. The Morgan fingerprint density at radius 3 is 2.83 bits per heavy atom. The second-order valence-electron chi connectivity index (χ2n) is 5.01. The molecule has 1 fully saturated rings. The zero-order chi connectivity index (χ0) is 17.5. The van der Waals surface area contributed by atoms with Crippen LogP contribution >= 0.6 is 7.82 Å². The number of aromatic nitrogens is 4. The van der Waals surface area contributed by atoms with Gasteiger partial charge in [0, 0.05) is 0 Å². The number of ether oxygens (including phenoxy) is 1. The summed E-state index contributed by atoms with van der Waals surface area (Å²) < 4.78 is 22.0. The number of hydrogen-bond donors (Lipinski definition) is 6. The average Bonchev–Trinajstić information content (AvgIpc) is 3.09. The highest BCUT2D eigenvalue weighted by Gasteiger charge is 2.53. The van der Waals surface area contributed by atoms with Gasteiger partial charge in [-0.2, -0.15) is 0 Å². The van der Waals surface area contributed by atoms with Gasteiger partial charge in [-0.3, -0.25) is 19.8 Å². The Bertz CT molecular complexity index is 795. The Morgan fingerprint density at radius 2 is 2.21 bits per heavy atom. The third-order valence-electron chi connectivity index (χ3n) is 3.66. The number of rotatable bonds is 5. The van der Waals surface area contributed by atoms with Crippen LogP contribution in [0.4, 0.5) is 5.82 Å². The maximum absolute atomic E-state index is 11.0. The van der Waals surface area contributed by atoms with Crippen molar-refractivity contribution in [2.45, 2.75) is 17.9 Å². The minimum absolute atomic E-state index is 0.0117. The monoisotopic (exact) mass is 363 g/mol. The smallest absolute Gasteiger partial charge is 0.391 e. The first-order valence-corrected chi connectivity index (χ1v) is 8.11. The molecule has 24 heavy (non-hydrogen) atoms. The number of aliphatic hydroxyl groups excluding tert-OH is 2. The molecular formula is C10H14N5O8P. The lowest BCUT2D eigenvalue weighted by atomic mass is 10.1. The quantitative estimate of drug-likeness (QED) is 0.257.